The van der Waals surface area contributed by atoms with E-state index in [0.29, 0.717) is 6.42 Å². The van der Waals surface area contributed by atoms with Gasteiger partial charge in [0.05, 0.1) is 25.4 Å². The van der Waals surface area contributed by atoms with E-state index in [1.54, 1.807) is 6.08 Å². The predicted molar refractivity (Wildman–Crippen MR) is 341 cm³/mol. The first-order valence-electron chi connectivity index (χ1n) is 34.5. The molecule has 7 unspecified atom stereocenters. The molecule has 0 saturated carbocycles. The average Bonchev–Trinajstić information content (AvgIpc) is 3.46. The zero-order chi connectivity index (χ0) is 57.9. The summed E-state index contributed by atoms with van der Waals surface area (Å²) >= 11 is 0. The van der Waals surface area contributed by atoms with Crippen LogP contribution in [0.15, 0.2) is 60.8 Å². The second-order valence-corrected chi connectivity index (χ2v) is 23.9. The summed E-state index contributed by atoms with van der Waals surface area (Å²) in [5.41, 5.74) is 0. The molecule has 1 amide bonds. The van der Waals surface area contributed by atoms with Crippen molar-refractivity contribution in [3.63, 3.8) is 0 Å². The molecule has 1 rings (SSSR count). The van der Waals surface area contributed by atoms with Crippen LogP contribution in [0.5, 0.6) is 0 Å². The van der Waals surface area contributed by atoms with Gasteiger partial charge in [0.15, 0.2) is 6.29 Å². The van der Waals surface area contributed by atoms with Crippen LogP contribution in [-0.4, -0.2) is 87.5 Å². The lowest BCUT2D eigenvalue weighted by atomic mass is 9.99. The summed E-state index contributed by atoms with van der Waals surface area (Å²) in [6, 6.07) is -0.807. The van der Waals surface area contributed by atoms with Crippen molar-refractivity contribution in [1.29, 1.82) is 0 Å². The molecule has 7 atom stereocenters. The van der Waals surface area contributed by atoms with E-state index in [2.05, 4.69) is 67.8 Å². The number of hydrogen-bond acceptors (Lipinski definition) is 8. The van der Waals surface area contributed by atoms with Crippen molar-refractivity contribution >= 4 is 5.91 Å². The van der Waals surface area contributed by atoms with Crippen LogP contribution in [-0.2, 0) is 14.3 Å². The van der Waals surface area contributed by atoms with Crippen molar-refractivity contribution in [2.75, 3.05) is 13.2 Å². The lowest BCUT2D eigenvalue weighted by Gasteiger charge is -2.40. The van der Waals surface area contributed by atoms with Gasteiger partial charge < -0.3 is 40.3 Å². The third-order valence-electron chi connectivity index (χ3n) is 16.3. The molecule has 1 saturated heterocycles. The number of rotatable bonds is 60. The molecule has 0 radical (unpaired) electrons. The van der Waals surface area contributed by atoms with Crippen LogP contribution in [0.25, 0.3) is 0 Å². The van der Waals surface area contributed by atoms with E-state index in [0.717, 1.165) is 64.2 Å². The molecule has 1 aliphatic heterocycles. The molecule has 0 bridgehead atoms. The summed E-state index contributed by atoms with van der Waals surface area (Å²) in [5, 5.41) is 54.8. The molecule has 0 spiro atoms. The maximum atomic E-state index is 13.1. The first-order chi connectivity index (χ1) is 39.3. The average molecular weight is 1130 g/mol. The fourth-order valence-electron chi connectivity index (χ4n) is 11.0. The fourth-order valence-corrected chi connectivity index (χ4v) is 11.0. The lowest BCUT2D eigenvalue weighted by Crippen LogP contribution is -2.60. The Balaban J connectivity index is 2.13. The fraction of sp³-hybridized carbons (Fsp3) is 0.845. The van der Waals surface area contributed by atoms with Crippen LogP contribution in [0.3, 0.4) is 0 Å². The molecule has 9 nitrogen and oxygen atoms in total. The van der Waals surface area contributed by atoms with Crippen molar-refractivity contribution < 1.29 is 39.8 Å². The van der Waals surface area contributed by atoms with E-state index in [9.17, 15) is 30.3 Å². The van der Waals surface area contributed by atoms with Crippen molar-refractivity contribution in [3.05, 3.63) is 60.8 Å². The number of aliphatic hydroxyl groups excluding tert-OH is 5. The molecule has 1 aliphatic rings. The Morgan fingerprint density at radius 3 is 1.15 bits per heavy atom. The molecule has 9 heteroatoms. The van der Waals surface area contributed by atoms with Crippen LogP contribution in [0.2, 0.25) is 0 Å². The van der Waals surface area contributed by atoms with Crippen molar-refractivity contribution in [1.82, 2.24) is 5.32 Å². The number of nitrogens with one attached hydrogen (secondary N) is 1. The van der Waals surface area contributed by atoms with Gasteiger partial charge in [-0.1, -0.05) is 325 Å². The molecule has 80 heavy (non-hydrogen) atoms. The minimum atomic E-state index is -1.57. The third-order valence-corrected chi connectivity index (χ3v) is 16.3. The minimum Gasteiger partial charge on any atom is -0.394 e. The highest BCUT2D eigenvalue weighted by atomic mass is 16.7. The van der Waals surface area contributed by atoms with Gasteiger partial charge >= 0.3 is 0 Å². The van der Waals surface area contributed by atoms with Gasteiger partial charge in [-0.2, -0.15) is 0 Å². The van der Waals surface area contributed by atoms with Crippen LogP contribution in [0.4, 0.5) is 0 Å². The van der Waals surface area contributed by atoms with Crippen LogP contribution < -0.4 is 5.32 Å². The van der Waals surface area contributed by atoms with Gasteiger partial charge in [0.1, 0.15) is 24.4 Å². The standard InChI is InChI=1S/C71H131NO8/c1-3-5-7-9-11-13-15-17-19-21-23-25-27-29-31-32-33-34-35-37-39-41-43-45-47-49-51-53-55-57-59-61-67(75)72-64(63-79-71-70(78)69(77)68(76)66(62-73)80-71)65(74)60-58-56-54-52-50-48-46-44-42-40-38-36-30-28-26-24-22-20-18-16-14-12-10-8-6-4-2/h5,7,11,13,17,19,23,25,58,60,64-66,68-71,73-74,76-78H,3-4,6,8-10,12,14-16,18,20-22,24,26-57,59,61-63H2,1-2H3,(H,72,75)/b7-5-,13-11-,19-17-,25-23-,60-58+. The van der Waals surface area contributed by atoms with E-state index >= 15 is 0 Å². The summed E-state index contributed by atoms with van der Waals surface area (Å²) < 4.78 is 11.3. The first-order valence-corrected chi connectivity index (χ1v) is 34.5. The highest BCUT2D eigenvalue weighted by Crippen LogP contribution is 2.23. The second kappa shape index (κ2) is 60.0. The van der Waals surface area contributed by atoms with E-state index in [1.165, 1.54) is 244 Å². The van der Waals surface area contributed by atoms with Gasteiger partial charge in [0.25, 0.3) is 0 Å². The highest BCUT2D eigenvalue weighted by Gasteiger charge is 2.44. The molecule has 0 aromatic heterocycles. The first kappa shape index (κ1) is 75.9. The molecule has 1 heterocycles. The minimum absolute atomic E-state index is 0.172. The largest absolute Gasteiger partial charge is 0.394 e. The summed E-state index contributed by atoms with van der Waals surface area (Å²) in [6.45, 7) is 3.71. The zero-order valence-electron chi connectivity index (χ0n) is 52.3. The smallest absolute Gasteiger partial charge is 0.220 e. The Kier molecular flexibility index (Phi) is 57.0. The van der Waals surface area contributed by atoms with Crippen LogP contribution in [0, 0.1) is 0 Å². The number of allylic oxidation sites excluding steroid dienone is 9. The topological polar surface area (TPSA) is 149 Å². The summed E-state index contributed by atoms with van der Waals surface area (Å²) in [6.07, 6.45) is 76.0. The third kappa shape index (κ3) is 48.3. The molecule has 468 valence electrons. The Hall–Kier alpha value is -2.11. The quantitative estimate of drug-likeness (QED) is 0.0261. The van der Waals surface area contributed by atoms with E-state index in [1.807, 2.05) is 6.08 Å². The van der Waals surface area contributed by atoms with Crippen molar-refractivity contribution in [2.45, 2.75) is 371 Å². The molecule has 0 aromatic carbocycles. The summed E-state index contributed by atoms with van der Waals surface area (Å²) in [5.74, 6) is -0.172. The number of carbonyl (C=O) groups is 1. The van der Waals surface area contributed by atoms with Gasteiger partial charge in [-0.15, -0.1) is 0 Å². The Morgan fingerprint density at radius 2 is 0.775 bits per heavy atom. The number of hydrogen-bond donors (Lipinski definition) is 6. The lowest BCUT2D eigenvalue weighted by molar-refractivity contribution is -0.302. The normalized spacial score (nSPS) is 18.8. The number of aliphatic hydroxyl groups is 5. The Labute approximate surface area is 494 Å². The highest BCUT2D eigenvalue weighted by molar-refractivity contribution is 5.76. The van der Waals surface area contributed by atoms with Gasteiger partial charge in [-0.25, -0.2) is 0 Å². The van der Waals surface area contributed by atoms with Gasteiger partial charge in [-0.3, -0.25) is 4.79 Å². The number of amides is 1. The maximum Gasteiger partial charge on any atom is 0.220 e. The Bertz CT molecular complexity index is 1450. The monoisotopic (exact) mass is 1130 g/mol. The zero-order valence-corrected chi connectivity index (χ0v) is 52.3. The molecule has 0 aliphatic carbocycles. The van der Waals surface area contributed by atoms with E-state index < -0.39 is 49.5 Å². The van der Waals surface area contributed by atoms with Crippen molar-refractivity contribution in [2.24, 2.45) is 0 Å². The Morgan fingerprint density at radius 1 is 0.438 bits per heavy atom. The number of carbonyl (C=O) groups excluding carboxylic acids is 1. The molecular weight excluding hydrogens is 995 g/mol. The van der Waals surface area contributed by atoms with Crippen LogP contribution in [0.1, 0.15) is 328 Å². The van der Waals surface area contributed by atoms with Gasteiger partial charge in [0, 0.05) is 6.42 Å². The van der Waals surface area contributed by atoms with E-state index in [4.69, 9.17) is 9.47 Å². The number of ether oxygens (including phenoxy) is 2. The predicted octanol–water partition coefficient (Wildman–Crippen LogP) is 18.6. The van der Waals surface area contributed by atoms with Gasteiger partial charge in [-0.05, 0) is 57.8 Å². The van der Waals surface area contributed by atoms with Crippen LogP contribution >= 0.6 is 0 Å². The molecule has 1 fully saturated rings. The van der Waals surface area contributed by atoms with Crippen molar-refractivity contribution in [3.8, 4) is 0 Å². The SMILES string of the molecule is CC/C=C\C/C=C\C/C=C\C/C=C\CCCCCCCCCCCCCCCCCCCCC(=O)NC(COC1OC(CO)C(O)C(O)C1O)C(O)/C=C/CCCCCCCCCCCCCCCCCCCCCCCCCC. The molecule has 6 N–H and O–H groups in total. The second-order valence-electron chi connectivity index (χ2n) is 23.9. The summed E-state index contributed by atoms with van der Waals surface area (Å²) in [7, 11) is 0. The number of unbranched alkanes of at least 4 members (excludes halogenated alkanes) is 42. The summed E-state index contributed by atoms with van der Waals surface area (Å²) in [4.78, 5) is 13.1. The van der Waals surface area contributed by atoms with E-state index in [-0.39, 0.29) is 12.5 Å². The molecular formula is C71H131NO8. The maximum absolute atomic E-state index is 13.1. The molecule has 0 aromatic rings. The van der Waals surface area contributed by atoms with Gasteiger partial charge in [0.2, 0.25) is 5.91 Å².